The Morgan fingerprint density at radius 2 is 0.704 bits per heavy atom. The van der Waals surface area contributed by atoms with Crippen molar-refractivity contribution in [1.82, 2.24) is 9.80 Å². The molecule has 2 heterocycles. The first kappa shape index (κ1) is 36.4. The van der Waals surface area contributed by atoms with Gasteiger partial charge in [0.2, 0.25) is 0 Å². The normalized spacial score (nSPS) is 15.7. The van der Waals surface area contributed by atoms with Gasteiger partial charge in [0, 0.05) is 20.1 Å². The van der Waals surface area contributed by atoms with Crippen LogP contribution in [0, 0.1) is 0 Å². The predicted molar refractivity (Wildman–Crippen MR) is 207 cm³/mol. The number of aliphatic carboxylic acids is 2. The molecule has 12 heteroatoms. The van der Waals surface area contributed by atoms with Crippen molar-refractivity contribution in [2.75, 3.05) is 0 Å². The van der Waals surface area contributed by atoms with Crippen LogP contribution in [-0.2, 0) is 20.7 Å². The Kier molecular flexibility index (Phi) is 9.07. The number of nitrogens with zero attached hydrogens (tertiary/aromatic N) is 2. The maximum absolute atomic E-state index is 13.1. The number of hydrogen-bond acceptors (Lipinski definition) is 6. The predicted octanol–water partition coefficient (Wildman–Crippen LogP) is 8.40. The lowest BCUT2D eigenvalue weighted by atomic mass is 9.90. The van der Waals surface area contributed by atoms with Crippen molar-refractivity contribution in [2.24, 2.45) is 0 Å². The largest absolute Gasteiger partial charge is 0.479 e. The van der Waals surface area contributed by atoms with E-state index in [1.807, 2.05) is 48.5 Å². The second kappa shape index (κ2) is 13.5. The SMILES string of the molecule is CC(C(=O)O)(c1ccccc1Br)N1C(=O)c2cc3ccccc3cc2C1=O.CC(C(=O)O)(c1ccccc1Br)N1C(=O)c2cc3ccccc3cc2C1=O. The molecule has 0 saturated carbocycles. The minimum absolute atomic E-state index is 0.221. The summed E-state index contributed by atoms with van der Waals surface area (Å²) in [7, 11) is 0. The molecule has 0 aromatic heterocycles. The Labute approximate surface area is 324 Å². The molecule has 4 amide bonds. The number of fused-ring (bicyclic) bond motifs is 4. The lowest BCUT2D eigenvalue weighted by molar-refractivity contribution is -0.148. The van der Waals surface area contributed by atoms with Gasteiger partial charge in [-0.25, -0.2) is 9.59 Å². The highest BCUT2D eigenvalue weighted by molar-refractivity contribution is 9.10. The number of carboxylic acid groups (broad SMARTS) is 2. The summed E-state index contributed by atoms with van der Waals surface area (Å²) in [6, 6.07) is 34.7. The van der Waals surface area contributed by atoms with Gasteiger partial charge in [-0.3, -0.25) is 29.0 Å². The van der Waals surface area contributed by atoms with Gasteiger partial charge in [0.25, 0.3) is 23.6 Å². The maximum Gasteiger partial charge on any atom is 0.334 e. The number of hydrogen-bond donors (Lipinski definition) is 2. The topological polar surface area (TPSA) is 149 Å². The molecule has 2 N–H and O–H groups in total. The summed E-state index contributed by atoms with van der Waals surface area (Å²) in [6.07, 6.45) is 0. The first-order chi connectivity index (χ1) is 25.7. The van der Waals surface area contributed by atoms with Crippen LogP contribution < -0.4 is 0 Å². The van der Waals surface area contributed by atoms with E-state index in [2.05, 4.69) is 31.9 Å². The van der Waals surface area contributed by atoms with Crippen molar-refractivity contribution >= 4 is 89.0 Å². The van der Waals surface area contributed by atoms with Crippen LogP contribution >= 0.6 is 31.9 Å². The molecule has 268 valence electrons. The fourth-order valence-electron chi connectivity index (χ4n) is 7.04. The minimum atomic E-state index is -1.85. The van der Waals surface area contributed by atoms with Crippen LogP contribution in [0.15, 0.2) is 130 Å². The van der Waals surface area contributed by atoms with Gasteiger partial charge in [-0.05, 0) is 71.8 Å². The van der Waals surface area contributed by atoms with Crippen LogP contribution in [0.3, 0.4) is 0 Å². The molecule has 6 aromatic rings. The van der Waals surface area contributed by atoms with Crippen LogP contribution in [0.5, 0.6) is 0 Å². The fraction of sp³-hybridized carbons (Fsp3) is 0.0952. The van der Waals surface area contributed by atoms with Gasteiger partial charge < -0.3 is 10.2 Å². The smallest absolute Gasteiger partial charge is 0.334 e. The molecule has 6 aromatic carbocycles. The summed E-state index contributed by atoms with van der Waals surface area (Å²) in [5, 5.41) is 23.3. The first-order valence-corrected chi connectivity index (χ1v) is 18.1. The third kappa shape index (κ3) is 5.52. The molecule has 0 spiro atoms. The maximum atomic E-state index is 13.1. The van der Waals surface area contributed by atoms with Crippen LogP contribution in [-0.4, -0.2) is 55.6 Å². The molecule has 2 aliphatic rings. The van der Waals surface area contributed by atoms with Gasteiger partial charge in [-0.15, -0.1) is 0 Å². The Balaban J connectivity index is 0.000000167. The molecule has 2 aliphatic heterocycles. The first-order valence-electron chi connectivity index (χ1n) is 16.5. The lowest BCUT2D eigenvalue weighted by Crippen LogP contribution is -2.52. The highest BCUT2D eigenvalue weighted by Crippen LogP contribution is 2.42. The standard InChI is InChI=1S/2C21H14BrNO4/c2*1-21(20(26)27,16-8-4-5-9-17(16)22)23-18(24)14-10-12-6-2-3-7-13(12)11-15(14)19(23)25/h2*2-11H,1H3,(H,26,27). The van der Waals surface area contributed by atoms with Crippen molar-refractivity contribution < 1.29 is 39.0 Å². The number of carboxylic acids is 2. The van der Waals surface area contributed by atoms with E-state index >= 15 is 0 Å². The molecule has 10 nitrogen and oxygen atoms in total. The highest BCUT2D eigenvalue weighted by Gasteiger charge is 2.54. The molecule has 0 bridgehead atoms. The zero-order valence-electron chi connectivity index (χ0n) is 28.5. The van der Waals surface area contributed by atoms with Crippen LogP contribution in [0.1, 0.15) is 66.4 Å². The molecule has 0 radical (unpaired) electrons. The van der Waals surface area contributed by atoms with Gasteiger partial charge in [0.15, 0.2) is 11.1 Å². The summed E-state index contributed by atoms with van der Waals surface area (Å²) < 4.78 is 1.02. The quantitative estimate of drug-likeness (QED) is 0.159. The molecule has 0 saturated heterocycles. The van der Waals surface area contributed by atoms with Crippen molar-refractivity contribution in [3.05, 3.63) is 164 Å². The molecule has 54 heavy (non-hydrogen) atoms. The van der Waals surface area contributed by atoms with E-state index in [-0.39, 0.29) is 22.3 Å². The van der Waals surface area contributed by atoms with Gasteiger partial charge in [-0.2, -0.15) is 0 Å². The zero-order chi connectivity index (χ0) is 38.7. The van der Waals surface area contributed by atoms with Crippen molar-refractivity contribution in [3.63, 3.8) is 0 Å². The molecule has 0 aliphatic carbocycles. The Morgan fingerprint density at radius 1 is 0.463 bits per heavy atom. The highest BCUT2D eigenvalue weighted by atomic mass is 79.9. The summed E-state index contributed by atoms with van der Waals surface area (Å²) >= 11 is 6.69. The van der Waals surface area contributed by atoms with Crippen molar-refractivity contribution in [3.8, 4) is 0 Å². The minimum Gasteiger partial charge on any atom is -0.479 e. The number of carbonyl (C=O) groups is 6. The molecule has 0 fully saturated rings. The second-order valence-corrected chi connectivity index (χ2v) is 14.8. The van der Waals surface area contributed by atoms with E-state index in [0.29, 0.717) is 20.1 Å². The average molecular weight is 849 g/mol. The zero-order valence-corrected chi connectivity index (χ0v) is 31.7. The van der Waals surface area contributed by atoms with Crippen LogP contribution in [0.4, 0.5) is 0 Å². The fourth-order valence-corrected chi connectivity index (χ4v) is 8.38. The van der Waals surface area contributed by atoms with E-state index < -0.39 is 46.6 Å². The van der Waals surface area contributed by atoms with Gasteiger partial charge in [0.1, 0.15) is 0 Å². The summed E-state index contributed by atoms with van der Waals surface area (Å²) in [5.41, 5.74) is -2.15. The monoisotopic (exact) mass is 846 g/mol. The van der Waals surface area contributed by atoms with Gasteiger partial charge >= 0.3 is 11.9 Å². The molecular weight excluding hydrogens is 820 g/mol. The molecular formula is C42H28Br2N2O8. The average Bonchev–Trinajstić information content (AvgIpc) is 3.55. The van der Waals surface area contributed by atoms with Crippen molar-refractivity contribution in [1.29, 1.82) is 0 Å². The van der Waals surface area contributed by atoms with E-state index in [9.17, 15) is 39.0 Å². The summed E-state index contributed by atoms with van der Waals surface area (Å²) in [6.45, 7) is 2.74. The van der Waals surface area contributed by atoms with E-state index in [1.165, 1.54) is 13.8 Å². The van der Waals surface area contributed by atoms with Crippen LogP contribution in [0.2, 0.25) is 0 Å². The number of carbonyl (C=O) groups excluding carboxylic acids is 4. The number of imide groups is 2. The number of rotatable bonds is 6. The van der Waals surface area contributed by atoms with Crippen LogP contribution in [0.25, 0.3) is 21.5 Å². The Morgan fingerprint density at radius 3 is 0.944 bits per heavy atom. The van der Waals surface area contributed by atoms with Crippen molar-refractivity contribution in [2.45, 2.75) is 24.9 Å². The number of halogens is 2. The second-order valence-electron chi connectivity index (χ2n) is 13.1. The van der Waals surface area contributed by atoms with Gasteiger partial charge in [0.05, 0.1) is 22.3 Å². The number of benzene rings is 6. The summed E-state index contributed by atoms with van der Waals surface area (Å²) in [4.78, 5) is 78.7. The third-order valence-electron chi connectivity index (χ3n) is 10.0. The van der Waals surface area contributed by atoms with E-state index in [4.69, 9.17) is 0 Å². The Hall–Kier alpha value is -5.98. The number of amides is 4. The molecule has 2 atom stereocenters. The Bertz CT molecular complexity index is 2350. The van der Waals surface area contributed by atoms with Gasteiger partial charge in [-0.1, -0.05) is 117 Å². The lowest BCUT2D eigenvalue weighted by Gasteiger charge is -2.34. The molecule has 2 unspecified atom stereocenters. The summed E-state index contributed by atoms with van der Waals surface area (Å²) in [5.74, 6) is -5.01. The third-order valence-corrected chi connectivity index (χ3v) is 11.4. The van der Waals surface area contributed by atoms with E-state index in [1.54, 1.807) is 72.8 Å². The van der Waals surface area contributed by atoms with E-state index in [0.717, 1.165) is 31.3 Å². The molecule has 8 rings (SSSR count).